The quantitative estimate of drug-likeness (QED) is 0.804. The number of rotatable bonds is 3. The van der Waals surface area contributed by atoms with Crippen molar-refractivity contribution in [2.24, 2.45) is 11.7 Å². The van der Waals surface area contributed by atoms with Crippen LogP contribution in [0.25, 0.3) is 0 Å². The Balaban J connectivity index is 2.03. The molecule has 1 aromatic rings. The summed E-state index contributed by atoms with van der Waals surface area (Å²) in [5, 5.41) is 4.90. The number of halogens is 1. The zero-order valence-corrected chi connectivity index (χ0v) is 8.46. The molecule has 1 aliphatic rings. The summed E-state index contributed by atoms with van der Waals surface area (Å²) in [6, 6.07) is 0.245. The summed E-state index contributed by atoms with van der Waals surface area (Å²) >= 11 is 5.88. The van der Waals surface area contributed by atoms with Crippen LogP contribution in [0.4, 0.5) is 0 Å². The van der Waals surface area contributed by atoms with E-state index >= 15 is 0 Å². The van der Waals surface area contributed by atoms with E-state index in [0.29, 0.717) is 5.92 Å². The fourth-order valence-corrected chi connectivity index (χ4v) is 1.62. The number of nitrogens with two attached hydrogens (primary N) is 1. The van der Waals surface area contributed by atoms with Crippen molar-refractivity contribution in [3.05, 3.63) is 16.9 Å². The molecule has 3 nitrogen and oxygen atoms in total. The summed E-state index contributed by atoms with van der Waals surface area (Å²) in [5.74, 6) is 0.711. The van der Waals surface area contributed by atoms with Gasteiger partial charge in [0.2, 0.25) is 0 Å². The molecule has 1 fully saturated rings. The second-order valence-electron chi connectivity index (χ2n) is 3.76. The third kappa shape index (κ3) is 1.86. The molecule has 0 aliphatic heterocycles. The predicted octanol–water partition coefficient (Wildman–Crippen LogP) is 1.58. The Kier molecular flexibility index (Phi) is 2.30. The first-order chi connectivity index (χ1) is 6.18. The lowest BCUT2D eigenvalue weighted by Gasteiger charge is -2.11. The molecule has 1 saturated carbocycles. The van der Waals surface area contributed by atoms with Gasteiger partial charge in [-0.2, -0.15) is 5.10 Å². The molecule has 0 aromatic carbocycles. The summed E-state index contributed by atoms with van der Waals surface area (Å²) in [7, 11) is 0. The smallest absolute Gasteiger partial charge is 0.0814 e. The largest absolute Gasteiger partial charge is 0.326 e. The van der Waals surface area contributed by atoms with Crippen LogP contribution in [0.3, 0.4) is 0 Å². The molecular weight excluding hydrogens is 186 g/mol. The van der Waals surface area contributed by atoms with Gasteiger partial charge >= 0.3 is 0 Å². The molecule has 13 heavy (non-hydrogen) atoms. The molecule has 0 radical (unpaired) electrons. The van der Waals surface area contributed by atoms with Crippen molar-refractivity contribution >= 4 is 11.6 Å². The fraction of sp³-hybridized carbons (Fsp3) is 0.667. The maximum atomic E-state index is 5.99. The Morgan fingerprint density at radius 1 is 1.77 bits per heavy atom. The van der Waals surface area contributed by atoms with Crippen molar-refractivity contribution in [2.75, 3.05) is 0 Å². The van der Waals surface area contributed by atoms with Gasteiger partial charge in [0, 0.05) is 6.04 Å². The van der Waals surface area contributed by atoms with Crippen molar-refractivity contribution < 1.29 is 0 Å². The molecular formula is C9H14ClN3. The highest BCUT2D eigenvalue weighted by molar-refractivity contribution is 6.31. The van der Waals surface area contributed by atoms with Gasteiger partial charge in [-0.25, -0.2) is 0 Å². The molecule has 0 bridgehead atoms. The maximum Gasteiger partial charge on any atom is 0.0814 e. The molecule has 1 unspecified atom stereocenters. The summed E-state index contributed by atoms with van der Waals surface area (Å²) in [6.45, 7) is 2.76. The van der Waals surface area contributed by atoms with Crippen molar-refractivity contribution in [2.45, 2.75) is 32.4 Å². The molecule has 1 aliphatic carbocycles. The Morgan fingerprint density at radius 3 is 2.92 bits per heavy atom. The average Bonchev–Trinajstić information content (AvgIpc) is 2.89. The van der Waals surface area contributed by atoms with Crippen molar-refractivity contribution in [3.63, 3.8) is 0 Å². The summed E-state index contributed by atoms with van der Waals surface area (Å²) < 4.78 is 1.89. The zero-order chi connectivity index (χ0) is 9.42. The van der Waals surface area contributed by atoms with Crippen LogP contribution in [0.15, 0.2) is 6.20 Å². The number of aromatic nitrogens is 2. The first-order valence-electron chi connectivity index (χ1n) is 4.62. The minimum Gasteiger partial charge on any atom is -0.326 e. The lowest BCUT2D eigenvalue weighted by Crippen LogP contribution is -2.29. The first kappa shape index (κ1) is 9.03. The van der Waals surface area contributed by atoms with E-state index in [1.807, 2.05) is 11.6 Å². The molecule has 72 valence electrons. The van der Waals surface area contributed by atoms with E-state index in [1.54, 1.807) is 6.20 Å². The highest BCUT2D eigenvalue weighted by atomic mass is 35.5. The summed E-state index contributed by atoms with van der Waals surface area (Å²) in [4.78, 5) is 0. The number of nitrogens with zero attached hydrogens (tertiary/aromatic N) is 2. The molecule has 0 amide bonds. The SMILES string of the molecule is Cc1c(Cl)cnn1CC(N)C1CC1. The third-order valence-corrected chi connectivity index (χ3v) is 3.03. The molecule has 2 rings (SSSR count). The average molecular weight is 200 g/mol. The zero-order valence-electron chi connectivity index (χ0n) is 7.70. The molecule has 1 atom stereocenters. The van der Waals surface area contributed by atoms with Gasteiger partial charge in [-0.05, 0) is 25.7 Å². The minimum atomic E-state index is 0.245. The monoisotopic (exact) mass is 199 g/mol. The molecule has 1 heterocycles. The Labute approximate surface area is 82.9 Å². The van der Waals surface area contributed by atoms with Crippen LogP contribution in [0, 0.1) is 12.8 Å². The highest BCUT2D eigenvalue weighted by Gasteiger charge is 2.28. The van der Waals surface area contributed by atoms with Crippen LogP contribution in [-0.4, -0.2) is 15.8 Å². The fourth-order valence-electron chi connectivity index (χ4n) is 1.48. The van der Waals surface area contributed by atoms with E-state index in [1.165, 1.54) is 12.8 Å². The van der Waals surface area contributed by atoms with Gasteiger partial charge in [0.05, 0.1) is 23.5 Å². The van der Waals surface area contributed by atoms with E-state index in [2.05, 4.69) is 5.10 Å². The minimum absolute atomic E-state index is 0.245. The Morgan fingerprint density at radius 2 is 2.46 bits per heavy atom. The number of hydrogen-bond acceptors (Lipinski definition) is 2. The van der Waals surface area contributed by atoms with Crippen LogP contribution >= 0.6 is 11.6 Å². The van der Waals surface area contributed by atoms with Crippen LogP contribution in [-0.2, 0) is 6.54 Å². The molecule has 2 N–H and O–H groups in total. The molecule has 4 heteroatoms. The van der Waals surface area contributed by atoms with E-state index in [-0.39, 0.29) is 6.04 Å². The topological polar surface area (TPSA) is 43.8 Å². The standard InChI is InChI=1S/C9H14ClN3/c1-6-8(10)4-12-13(6)5-9(11)7-2-3-7/h4,7,9H,2-3,5,11H2,1H3. The van der Waals surface area contributed by atoms with E-state index < -0.39 is 0 Å². The first-order valence-corrected chi connectivity index (χ1v) is 5.00. The molecule has 0 spiro atoms. The Bertz CT molecular complexity index is 304. The van der Waals surface area contributed by atoms with Crippen LogP contribution < -0.4 is 5.73 Å². The van der Waals surface area contributed by atoms with Gasteiger partial charge in [-0.15, -0.1) is 0 Å². The second-order valence-corrected chi connectivity index (χ2v) is 4.17. The number of hydrogen-bond donors (Lipinski definition) is 1. The van der Waals surface area contributed by atoms with Gasteiger partial charge in [-0.3, -0.25) is 4.68 Å². The van der Waals surface area contributed by atoms with Crippen molar-refractivity contribution in [1.29, 1.82) is 0 Å². The molecule has 1 aromatic heterocycles. The lowest BCUT2D eigenvalue weighted by molar-refractivity contribution is 0.464. The summed E-state index contributed by atoms with van der Waals surface area (Å²) in [5.41, 5.74) is 7.00. The van der Waals surface area contributed by atoms with Gasteiger partial charge in [-0.1, -0.05) is 11.6 Å². The van der Waals surface area contributed by atoms with E-state index in [4.69, 9.17) is 17.3 Å². The van der Waals surface area contributed by atoms with Crippen LogP contribution in [0.2, 0.25) is 5.02 Å². The summed E-state index contributed by atoms with van der Waals surface area (Å²) in [6.07, 6.45) is 4.22. The van der Waals surface area contributed by atoms with E-state index in [9.17, 15) is 0 Å². The maximum absolute atomic E-state index is 5.99. The Hall–Kier alpha value is -0.540. The van der Waals surface area contributed by atoms with Gasteiger partial charge in [0.25, 0.3) is 0 Å². The normalized spacial score (nSPS) is 19.0. The predicted molar refractivity (Wildman–Crippen MR) is 52.7 cm³/mol. The van der Waals surface area contributed by atoms with Gasteiger partial charge < -0.3 is 5.73 Å². The third-order valence-electron chi connectivity index (χ3n) is 2.65. The van der Waals surface area contributed by atoms with Crippen LogP contribution in [0.1, 0.15) is 18.5 Å². The van der Waals surface area contributed by atoms with Gasteiger partial charge in [0.15, 0.2) is 0 Å². The van der Waals surface area contributed by atoms with Crippen molar-refractivity contribution in [1.82, 2.24) is 9.78 Å². The van der Waals surface area contributed by atoms with Crippen molar-refractivity contribution in [3.8, 4) is 0 Å². The van der Waals surface area contributed by atoms with E-state index in [0.717, 1.165) is 17.3 Å². The molecule has 0 saturated heterocycles. The second kappa shape index (κ2) is 3.31. The van der Waals surface area contributed by atoms with Crippen LogP contribution in [0.5, 0.6) is 0 Å². The lowest BCUT2D eigenvalue weighted by atomic mass is 10.2. The van der Waals surface area contributed by atoms with Gasteiger partial charge in [0.1, 0.15) is 0 Å². The highest BCUT2D eigenvalue weighted by Crippen LogP contribution is 2.32.